The summed E-state index contributed by atoms with van der Waals surface area (Å²) in [5.41, 5.74) is 0.413. The predicted molar refractivity (Wildman–Crippen MR) is 78.7 cm³/mol. The zero-order valence-corrected chi connectivity index (χ0v) is 12.8. The predicted octanol–water partition coefficient (Wildman–Crippen LogP) is 3.59. The standard InChI is InChI=1S/C16H33NO/c1-5-13(10-11-18)12-17-15-9-7-6-8-14(15)16(2,3)4/h13-15,17-18H,5-12H2,1-4H3. The van der Waals surface area contributed by atoms with Crippen LogP contribution in [0.4, 0.5) is 0 Å². The fourth-order valence-corrected chi connectivity index (χ4v) is 3.36. The minimum Gasteiger partial charge on any atom is -0.396 e. The molecule has 0 aromatic rings. The van der Waals surface area contributed by atoms with Crippen molar-refractivity contribution in [2.24, 2.45) is 17.3 Å². The second-order valence-corrected chi connectivity index (χ2v) is 7.06. The van der Waals surface area contributed by atoms with Crippen molar-refractivity contribution in [1.82, 2.24) is 5.32 Å². The number of nitrogens with one attached hydrogen (secondary N) is 1. The van der Waals surface area contributed by atoms with Crippen molar-refractivity contribution in [3.63, 3.8) is 0 Å². The second kappa shape index (κ2) is 7.49. The van der Waals surface area contributed by atoms with Gasteiger partial charge in [0.25, 0.3) is 0 Å². The first kappa shape index (κ1) is 16.0. The molecule has 3 atom stereocenters. The molecule has 0 amide bonds. The lowest BCUT2D eigenvalue weighted by molar-refractivity contribution is 0.125. The number of rotatable bonds is 6. The first-order valence-electron chi connectivity index (χ1n) is 7.83. The number of hydrogen-bond acceptors (Lipinski definition) is 2. The summed E-state index contributed by atoms with van der Waals surface area (Å²) < 4.78 is 0. The molecule has 0 bridgehead atoms. The van der Waals surface area contributed by atoms with Crippen LogP contribution in [0.2, 0.25) is 0 Å². The second-order valence-electron chi connectivity index (χ2n) is 7.06. The van der Waals surface area contributed by atoms with E-state index in [2.05, 4.69) is 33.0 Å². The van der Waals surface area contributed by atoms with Gasteiger partial charge in [0.05, 0.1) is 0 Å². The quantitative estimate of drug-likeness (QED) is 0.760. The Bertz CT molecular complexity index is 222. The molecule has 2 N–H and O–H groups in total. The lowest BCUT2D eigenvalue weighted by Gasteiger charge is -2.41. The Kier molecular flexibility index (Phi) is 6.65. The average molecular weight is 255 g/mol. The summed E-state index contributed by atoms with van der Waals surface area (Å²) in [5.74, 6) is 1.44. The molecular weight excluding hydrogens is 222 g/mol. The summed E-state index contributed by atoms with van der Waals surface area (Å²) >= 11 is 0. The molecule has 1 rings (SSSR count). The molecule has 1 fully saturated rings. The molecule has 3 unspecified atom stereocenters. The molecule has 0 radical (unpaired) electrons. The van der Waals surface area contributed by atoms with Crippen LogP contribution in [-0.4, -0.2) is 24.3 Å². The van der Waals surface area contributed by atoms with Crippen LogP contribution in [0.1, 0.15) is 66.2 Å². The smallest absolute Gasteiger partial charge is 0.0434 e. The van der Waals surface area contributed by atoms with Crippen molar-refractivity contribution in [3.05, 3.63) is 0 Å². The molecule has 0 saturated heterocycles. The van der Waals surface area contributed by atoms with Crippen LogP contribution in [-0.2, 0) is 0 Å². The van der Waals surface area contributed by atoms with Crippen LogP contribution in [0.3, 0.4) is 0 Å². The van der Waals surface area contributed by atoms with E-state index in [0.29, 0.717) is 24.0 Å². The van der Waals surface area contributed by atoms with Gasteiger partial charge < -0.3 is 10.4 Å². The first-order chi connectivity index (χ1) is 8.49. The van der Waals surface area contributed by atoms with Crippen molar-refractivity contribution in [2.45, 2.75) is 72.3 Å². The third-order valence-corrected chi connectivity index (χ3v) is 4.66. The Labute approximate surface area is 114 Å². The molecule has 18 heavy (non-hydrogen) atoms. The third-order valence-electron chi connectivity index (χ3n) is 4.66. The highest BCUT2D eigenvalue weighted by molar-refractivity contribution is 4.88. The zero-order chi connectivity index (χ0) is 13.6. The maximum absolute atomic E-state index is 9.06. The van der Waals surface area contributed by atoms with Gasteiger partial charge in [-0.2, -0.15) is 0 Å². The first-order valence-corrected chi connectivity index (χ1v) is 7.83. The SMILES string of the molecule is CCC(CCO)CNC1CCCCC1C(C)(C)C. The Balaban J connectivity index is 2.47. The van der Waals surface area contributed by atoms with E-state index in [-0.39, 0.29) is 0 Å². The van der Waals surface area contributed by atoms with E-state index in [4.69, 9.17) is 5.11 Å². The molecule has 2 heteroatoms. The van der Waals surface area contributed by atoms with Gasteiger partial charge in [-0.15, -0.1) is 0 Å². The molecule has 1 aliphatic carbocycles. The van der Waals surface area contributed by atoms with Crippen molar-refractivity contribution in [2.75, 3.05) is 13.2 Å². The van der Waals surface area contributed by atoms with Crippen molar-refractivity contribution in [3.8, 4) is 0 Å². The molecule has 108 valence electrons. The summed E-state index contributed by atoms with van der Waals surface area (Å²) in [4.78, 5) is 0. The largest absolute Gasteiger partial charge is 0.396 e. The fourth-order valence-electron chi connectivity index (χ4n) is 3.36. The average Bonchev–Trinajstić information content (AvgIpc) is 2.33. The van der Waals surface area contributed by atoms with Gasteiger partial charge in [0.2, 0.25) is 0 Å². The van der Waals surface area contributed by atoms with Gasteiger partial charge in [0.15, 0.2) is 0 Å². The zero-order valence-electron chi connectivity index (χ0n) is 12.8. The van der Waals surface area contributed by atoms with E-state index in [0.717, 1.165) is 18.9 Å². The van der Waals surface area contributed by atoms with Crippen molar-refractivity contribution < 1.29 is 5.11 Å². The third kappa shape index (κ3) is 4.89. The molecule has 2 nitrogen and oxygen atoms in total. The lowest BCUT2D eigenvalue weighted by atomic mass is 9.69. The number of aliphatic hydroxyl groups is 1. The highest BCUT2D eigenvalue weighted by Gasteiger charge is 2.33. The van der Waals surface area contributed by atoms with E-state index >= 15 is 0 Å². The van der Waals surface area contributed by atoms with Gasteiger partial charge in [-0.25, -0.2) is 0 Å². The van der Waals surface area contributed by atoms with Gasteiger partial charge in [0.1, 0.15) is 0 Å². The summed E-state index contributed by atoms with van der Waals surface area (Å²) in [5, 5.41) is 12.9. The normalized spacial score (nSPS) is 27.2. The van der Waals surface area contributed by atoms with Gasteiger partial charge in [-0.3, -0.25) is 0 Å². The van der Waals surface area contributed by atoms with Gasteiger partial charge in [-0.05, 0) is 43.1 Å². The van der Waals surface area contributed by atoms with Gasteiger partial charge in [-0.1, -0.05) is 47.0 Å². The molecule has 1 aliphatic rings. The summed E-state index contributed by atoms with van der Waals surface area (Å²) in [6.07, 6.45) is 7.58. The minimum absolute atomic E-state index is 0.327. The maximum Gasteiger partial charge on any atom is 0.0434 e. The van der Waals surface area contributed by atoms with Gasteiger partial charge in [0, 0.05) is 12.6 Å². The van der Waals surface area contributed by atoms with Crippen LogP contribution in [0, 0.1) is 17.3 Å². The molecule has 0 heterocycles. The topological polar surface area (TPSA) is 32.3 Å². The number of aliphatic hydroxyl groups excluding tert-OH is 1. The molecule has 0 aromatic heterocycles. The highest BCUT2D eigenvalue weighted by Crippen LogP contribution is 2.38. The monoisotopic (exact) mass is 255 g/mol. The van der Waals surface area contributed by atoms with E-state index in [1.807, 2.05) is 0 Å². The fraction of sp³-hybridized carbons (Fsp3) is 1.00. The number of hydrogen-bond donors (Lipinski definition) is 2. The van der Waals surface area contributed by atoms with Crippen molar-refractivity contribution >= 4 is 0 Å². The molecular formula is C16H33NO. The van der Waals surface area contributed by atoms with Gasteiger partial charge >= 0.3 is 0 Å². The minimum atomic E-state index is 0.327. The van der Waals surface area contributed by atoms with Crippen LogP contribution in [0.5, 0.6) is 0 Å². The molecule has 0 spiro atoms. The van der Waals surface area contributed by atoms with E-state index in [1.54, 1.807) is 0 Å². The van der Waals surface area contributed by atoms with Crippen LogP contribution < -0.4 is 5.32 Å². The van der Waals surface area contributed by atoms with E-state index < -0.39 is 0 Å². The van der Waals surface area contributed by atoms with Crippen LogP contribution >= 0.6 is 0 Å². The molecule has 1 saturated carbocycles. The summed E-state index contributed by atoms with van der Waals surface area (Å²) in [6, 6.07) is 0.687. The van der Waals surface area contributed by atoms with E-state index in [9.17, 15) is 0 Å². The Morgan fingerprint density at radius 2 is 1.89 bits per heavy atom. The molecule has 0 aliphatic heterocycles. The van der Waals surface area contributed by atoms with Crippen molar-refractivity contribution in [1.29, 1.82) is 0 Å². The Morgan fingerprint density at radius 3 is 2.44 bits per heavy atom. The lowest BCUT2D eigenvalue weighted by Crippen LogP contribution is -2.45. The summed E-state index contributed by atoms with van der Waals surface area (Å²) in [7, 11) is 0. The van der Waals surface area contributed by atoms with Crippen LogP contribution in [0.25, 0.3) is 0 Å². The highest BCUT2D eigenvalue weighted by atomic mass is 16.3. The summed E-state index contributed by atoms with van der Waals surface area (Å²) in [6.45, 7) is 10.8. The van der Waals surface area contributed by atoms with E-state index in [1.165, 1.54) is 32.1 Å². The maximum atomic E-state index is 9.06. The Morgan fingerprint density at radius 1 is 1.22 bits per heavy atom. The van der Waals surface area contributed by atoms with Crippen LogP contribution in [0.15, 0.2) is 0 Å². The Hall–Kier alpha value is -0.0800. The molecule has 0 aromatic carbocycles.